The quantitative estimate of drug-likeness (QED) is 0.138. The van der Waals surface area contributed by atoms with Crippen molar-refractivity contribution in [2.24, 2.45) is 5.92 Å². The third kappa shape index (κ3) is 8.68. The molecule has 1 aromatic heterocycles. The highest BCUT2D eigenvalue weighted by Gasteiger charge is 2.43. The summed E-state index contributed by atoms with van der Waals surface area (Å²) in [6.07, 6.45) is 4.09. The molecule has 1 atom stereocenters. The molecule has 330 valence electrons. The molecule has 1 unspecified atom stereocenters. The predicted molar refractivity (Wildman–Crippen MR) is 244 cm³/mol. The minimum absolute atomic E-state index is 0.0990. The van der Waals surface area contributed by atoms with E-state index in [4.69, 9.17) is 16.3 Å². The van der Waals surface area contributed by atoms with E-state index in [1.807, 2.05) is 53.4 Å². The van der Waals surface area contributed by atoms with Gasteiger partial charge in [0.2, 0.25) is 23.7 Å². The van der Waals surface area contributed by atoms with Crippen LogP contribution in [0.25, 0.3) is 0 Å². The SMILES string of the molecule is COc1cc(N2CCC(N3CCN(C(=O)C4CN(c5cccc6c5CN(C5CCC(=O)NC5=O)C6=O)C4)CC3)CC2)ccc1Nc1ncc(Cl)c(Nc2ccccc2P(C)(C)=O)n1. The van der Waals surface area contributed by atoms with Gasteiger partial charge in [-0.15, -0.1) is 0 Å². The van der Waals surface area contributed by atoms with Crippen LogP contribution in [0.2, 0.25) is 5.02 Å². The van der Waals surface area contributed by atoms with Gasteiger partial charge >= 0.3 is 0 Å². The van der Waals surface area contributed by atoms with Crippen LogP contribution in [0.3, 0.4) is 0 Å². The van der Waals surface area contributed by atoms with Crippen molar-refractivity contribution < 1.29 is 28.5 Å². The topological polar surface area (TPSA) is 173 Å². The number of methoxy groups -OCH3 is 1. The maximum atomic E-state index is 13.7. The molecule has 4 aromatic rings. The number of imide groups is 1. The van der Waals surface area contributed by atoms with Gasteiger partial charge in [-0.2, -0.15) is 4.98 Å². The van der Waals surface area contributed by atoms with Gasteiger partial charge in [0, 0.05) is 105 Å². The molecule has 5 aliphatic heterocycles. The Morgan fingerprint density at radius 1 is 0.889 bits per heavy atom. The third-order valence-corrected chi connectivity index (χ3v) is 14.8. The number of hydrogen-bond donors (Lipinski definition) is 3. The normalized spacial score (nSPS) is 20.1. The molecule has 63 heavy (non-hydrogen) atoms. The first-order chi connectivity index (χ1) is 30.3. The highest BCUT2D eigenvalue weighted by molar-refractivity contribution is 7.70. The molecule has 18 heteroatoms. The molecule has 6 heterocycles. The van der Waals surface area contributed by atoms with Crippen molar-refractivity contribution in [1.29, 1.82) is 0 Å². The number of piperidine rings is 2. The lowest BCUT2D eigenvalue weighted by atomic mass is 9.95. The summed E-state index contributed by atoms with van der Waals surface area (Å²) in [6, 6.07) is 18.9. The second kappa shape index (κ2) is 17.5. The summed E-state index contributed by atoms with van der Waals surface area (Å²) in [5, 5.41) is 9.92. The number of amides is 4. The number of carbonyl (C=O) groups is 4. The van der Waals surface area contributed by atoms with Crippen LogP contribution in [0.5, 0.6) is 5.75 Å². The van der Waals surface area contributed by atoms with E-state index < -0.39 is 19.1 Å². The number of halogens is 1. The van der Waals surface area contributed by atoms with E-state index in [-0.39, 0.29) is 30.1 Å². The average Bonchev–Trinajstić information content (AvgIpc) is 3.60. The fourth-order valence-corrected chi connectivity index (χ4v) is 10.8. The highest BCUT2D eigenvalue weighted by atomic mass is 35.5. The number of benzene rings is 3. The molecule has 16 nitrogen and oxygen atoms in total. The van der Waals surface area contributed by atoms with Gasteiger partial charge in [-0.05, 0) is 69.0 Å². The molecule has 9 rings (SSSR count). The van der Waals surface area contributed by atoms with Crippen LogP contribution in [-0.2, 0) is 25.5 Å². The maximum absolute atomic E-state index is 13.7. The monoisotopic (exact) mass is 894 g/mol. The summed E-state index contributed by atoms with van der Waals surface area (Å²) in [5.74, 6) is 0.540. The number of para-hydroxylation sites is 1. The summed E-state index contributed by atoms with van der Waals surface area (Å²) < 4.78 is 18.7. The summed E-state index contributed by atoms with van der Waals surface area (Å²) in [4.78, 5) is 70.9. The maximum Gasteiger partial charge on any atom is 0.255 e. The lowest BCUT2D eigenvalue weighted by Crippen LogP contribution is -2.59. The van der Waals surface area contributed by atoms with Crippen molar-refractivity contribution in [3.8, 4) is 5.75 Å². The zero-order valence-electron chi connectivity index (χ0n) is 35.7. The molecule has 0 bridgehead atoms. The Morgan fingerprint density at radius 3 is 2.38 bits per heavy atom. The number of nitrogens with one attached hydrogen (secondary N) is 3. The first-order valence-corrected chi connectivity index (χ1v) is 24.5. The van der Waals surface area contributed by atoms with E-state index in [1.165, 1.54) is 6.20 Å². The summed E-state index contributed by atoms with van der Waals surface area (Å²) in [6.45, 7) is 9.86. The number of carbonyl (C=O) groups excluding carboxylic acids is 4. The average molecular weight is 895 g/mol. The van der Waals surface area contributed by atoms with Crippen molar-refractivity contribution in [1.82, 2.24) is 30.0 Å². The van der Waals surface area contributed by atoms with Crippen molar-refractivity contribution in [2.75, 3.05) is 93.2 Å². The number of fused-ring (bicyclic) bond motifs is 1. The van der Waals surface area contributed by atoms with Crippen LogP contribution in [0, 0.1) is 5.92 Å². The molecule has 0 radical (unpaired) electrons. The third-order valence-electron chi connectivity index (χ3n) is 13.0. The van der Waals surface area contributed by atoms with Crippen molar-refractivity contribution >= 4 is 82.2 Å². The number of hydrogen-bond acceptors (Lipinski definition) is 13. The minimum Gasteiger partial charge on any atom is -0.494 e. The van der Waals surface area contributed by atoms with Gasteiger partial charge in [-0.3, -0.25) is 29.4 Å². The van der Waals surface area contributed by atoms with Crippen LogP contribution in [0.4, 0.5) is 34.5 Å². The Labute approximate surface area is 371 Å². The van der Waals surface area contributed by atoms with Crippen molar-refractivity contribution in [2.45, 2.75) is 44.3 Å². The van der Waals surface area contributed by atoms with E-state index >= 15 is 0 Å². The first kappa shape index (κ1) is 42.6. The number of anilines is 6. The van der Waals surface area contributed by atoms with Gasteiger partial charge in [0.15, 0.2) is 5.82 Å². The molecule has 3 aromatic carbocycles. The van der Waals surface area contributed by atoms with Crippen LogP contribution in [0.1, 0.15) is 41.6 Å². The predicted octanol–water partition coefficient (Wildman–Crippen LogP) is 4.88. The second-order valence-electron chi connectivity index (χ2n) is 17.3. The number of aromatic nitrogens is 2. The van der Waals surface area contributed by atoms with Gasteiger partial charge in [0.25, 0.3) is 5.91 Å². The summed E-state index contributed by atoms with van der Waals surface area (Å²) in [5.41, 5.74) is 4.85. The zero-order valence-corrected chi connectivity index (χ0v) is 37.3. The van der Waals surface area contributed by atoms with Crippen LogP contribution < -0.4 is 35.8 Å². The second-order valence-corrected chi connectivity index (χ2v) is 20.9. The van der Waals surface area contributed by atoms with E-state index in [0.29, 0.717) is 90.0 Å². The Hall–Kier alpha value is -5.70. The van der Waals surface area contributed by atoms with E-state index in [2.05, 4.69) is 46.7 Å². The summed E-state index contributed by atoms with van der Waals surface area (Å²) in [7, 11) is -0.920. The Kier molecular flexibility index (Phi) is 11.8. The van der Waals surface area contributed by atoms with Crippen molar-refractivity contribution in [3.63, 3.8) is 0 Å². The zero-order chi connectivity index (χ0) is 44.0. The number of nitrogens with zero attached hydrogens (tertiary/aromatic N) is 7. The number of rotatable bonds is 11. The largest absolute Gasteiger partial charge is 0.494 e. The van der Waals surface area contributed by atoms with Crippen LogP contribution in [-0.4, -0.2) is 133 Å². The molecule has 3 N–H and O–H groups in total. The Morgan fingerprint density at radius 2 is 1.65 bits per heavy atom. The van der Waals surface area contributed by atoms with Crippen LogP contribution in [0.15, 0.2) is 66.9 Å². The molecule has 4 saturated heterocycles. The summed E-state index contributed by atoms with van der Waals surface area (Å²) >= 11 is 6.49. The molecule has 4 fully saturated rings. The standard InChI is InChI=1S/C45H52ClN10O6P/c1-62-38-23-30(11-12-34(38)49-45-47-24-33(46)41(51-45)48-35-8-4-5-10-39(35)63(2,3)61)52-17-15-29(16-18-52)53-19-21-54(22-20-53)43(59)28-25-55(26-28)36-9-6-7-31-32(36)27-56(44(31)60)37-13-14-40(57)50-42(37)58/h4-12,23-24,28-29,37H,13-22,25-27H2,1-3H3,(H,50,57,58)(H2,47,48,49,51). The van der Waals surface area contributed by atoms with Gasteiger partial charge in [0.05, 0.1) is 30.6 Å². The lowest BCUT2D eigenvalue weighted by molar-refractivity contribution is -0.139. The van der Waals surface area contributed by atoms with E-state index in [1.54, 1.807) is 31.4 Å². The van der Waals surface area contributed by atoms with Gasteiger partial charge in [-0.1, -0.05) is 29.8 Å². The Bertz CT molecular complexity index is 2500. The molecule has 0 saturated carbocycles. The van der Waals surface area contributed by atoms with Gasteiger partial charge in [0.1, 0.15) is 24.0 Å². The fourth-order valence-electron chi connectivity index (χ4n) is 9.54. The molecule has 0 spiro atoms. The smallest absolute Gasteiger partial charge is 0.255 e. The number of piperazine rings is 1. The van der Waals surface area contributed by atoms with Crippen molar-refractivity contribution in [3.05, 3.63) is 83.0 Å². The lowest BCUT2D eigenvalue weighted by Gasteiger charge is -2.46. The van der Waals surface area contributed by atoms with Gasteiger partial charge in [-0.25, -0.2) is 4.98 Å². The van der Waals surface area contributed by atoms with Gasteiger partial charge < -0.3 is 39.5 Å². The highest BCUT2D eigenvalue weighted by Crippen LogP contribution is 2.40. The van der Waals surface area contributed by atoms with E-state index in [9.17, 15) is 23.7 Å². The molecular formula is C45H52ClN10O6P. The molecule has 5 aliphatic rings. The Balaban J connectivity index is 0.748. The van der Waals surface area contributed by atoms with Crippen LogP contribution >= 0.6 is 18.7 Å². The van der Waals surface area contributed by atoms with E-state index in [0.717, 1.165) is 56.0 Å². The minimum atomic E-state index is -2.56. The first-order valence-electron chi connectivity index (χ1n) is 21.5. The fraction of sp³-hybridized carbons (Fsp3) is 0.422. The molecular weight excluding hydrogens is 843 g/mol. The number of ether oxygens (including phenoxy) is 1. The molecule has 0 aliphatic carbocycles. The molecule has 4 amide bonds.